The Balaban J connectivity index is 1.69. The number of rotatable bonds is 4. The Hall–Kier alpha value is -1.69. The van der Waals surface area contributed by atoms with Crippen molar-refractivity contribution in [1.82, 2.24) is 19.6 Å². The molecule has 102 valence electrons. The minimum atomic E-state index is 0.287. The molecule has 2 heterocycles. The summed E-state index contributed by atoms with van der Waals surface area (Å²) in [6.07, 6.45) is 10.0. The van der Waals surface area contributed by atoms with E-state index in [1.165, 1.54) is 19.3 Å². The molecule has 1 aliphatic carbocycles. The quantitative estimate of drug-likeness (QED) is 0.868. The summed E-state index contributed by atoms with van der Waals surface area (Å²) in [6.45, 7) is 1.12. The first-order valence-corrected chi connectivity index (χ1v) is 6.87. The second-order valence-electron chi connectivity index (χ2n) is 5.21. The lowest BCUT2D eigenvalue weighted by Crippen LogP contribution is -2.28. The van der Waals surface area contributed by atoms with Gasteiger partial charge in [-0.15, -0.1) is 10.2 Å². The molecule has 2 N–H and O–H groups in total. The van der Waals surface area contributed by atoms with Crippen LogP contribution in [-0.4, -0.2) is 37.8 Å². The third-order valence-electron chi connectivity index (χ3n) is 4.05. The normalized spacial score (nSPS) is 23.6. The highest BCUT2D eigenvalue weighted by atomic mass is 16.3. The van der Waals surface area contributed by atoms with Crippen molar-refractivity contribution in [3.63, 3.8) is 0 Å². The van der Waals surface area contributed by atoms with Crippen molar-refractivity contribution in [2.75, 3.05) is 18.5 Å². The minimum absolute atomic E-state index is 0.287. The number of nitrogens with one attached hydrogen (secondary N) is 1. The van der Waals surface area contributed by atoms with E-state index in [9.17, 15) is 5.11 Å². The Morgan fingerprint density at radius 3 is 3.00 bits per heavy atom. The van der Waals surface area contributed by atoms with Crippen LogP contribution in [0, 0.1) is 11.8 Å². The molecule has 0 aromatic carbocycles. The van der Waals surface area contributed by atoms with E-state index in [2.05, 4.69) is 20.5 Å². The molecule has 0 radical (unpaired) electrons. The number of aromatic nitrogens is 4. The van der Waals surface area contributed by atoms with Crippen LogP contribution in [0.1, 0.15) is 25.7 Å². The Bertz CT molecular complexity index is 541. The van der Waals surface area contributed by atoms with Crippen molar-refractivity contribution >= 4 is 11.5 Å². The number of aliphatic hydroxyl groups excluding tert-OH is 1. The summed E-state index contributed by atoms with van der Waals surface area (Å²) >= 11 is 0. The summed E-state index contributed by atoms with van der Waals surface area (Å²) < 4.78 is 1.85. The summed E-state index contributed by atoms with van der Waals surface area (Å²) in [5, 5.41) is 20.7. The van der Waals surface area contributed by atoms with Crippen LogP contribution in [0.2, 0.25) is 0 Å². The highest BCUT2D eigenvalue weighted by Crippen LogP contribution is 2.29. The number of aliphatic hydroxyl groups is 1. The molecule has 6 nitrogen and oxygen atoms in total. The van der Waals surface area contributed by atoms with E-state index in [0.29, 0.717) is 11.8 Å². The molecular weight excluding hydrogens is 242 g/mol. The monoisotopic (exact) mass is 261 g/mol. The molecule has 2 unspecified atom stereocenters. The zero-order chi connectivity index (χ0) is 13.1. The van der Waals surface area contributed by atoms with Crippen LogP contribution >= 0.6 is 0 Å². The lowest BCUT2D eigenvalue weighted by atomic mass is 9.79. The van der Waals surface area contributed by atoms with Crippen LogP contribution in [-0.2, 0) is 0 Å². The van der Waals surface area contributed by atoms with E-state index < -0.39 is 0 Å². The molecule has 0 amide bonds. The van der Waals surface area contributed by atoms with Crippen LogP contribution in [0.15, 0.2) is 18.7 Å². The van der Waals surface area contributed by atoms with Crippen LogP contribution in [0.25, 0.3) is 5.65 Å². The summed E-state index contributed by atoms with van der Waals surface area (Å²) in [4.78, 5) is 4.32. The predicted molar refractivity (Wildman–Crippen MR) is 71.8 cm³/mol. The number of hydrogen-bond acceptors (Lipinski definition) is 5. The van der Waals surface area contributed by atoms with Gasteiger partial charge < -0.3 is 10.4 Å². The van der Waals surface area contributed by atoms with Gasteiger partial charge in [0.05, 0.1) is 0 Å². The largest absolute Gasteiger partial charge is 0.396 e. The van der Waals surface area contributed by atoms with Crippen molar-refractivity contribution in [3.8, 4) is 0 Å². The highest BCUT2D eigenvalue weighted by Gasteiger charge is 2.24. The molecular formula is C13H19N5O. The molecule has 2 aromatic heterocycles. The molecule has 0 aliphatic heterocycles. The minimum Gasteiger partial charge on any atom is -0.396 e. The maximum absolute atomic E-state index is 9.43. The average molecular weight is 261 g/mol. The number of nitrogens with zero attached hydrogens (tertiary/aromatic N) is 4. The van der Waals surface area contributed by atoms with E-state index in [0.717, 1.165) is 24.4 Å². The van der Waals surface area contributed by atoms with Gasteiger partial charge in [-0.1, -0.05) is 12.8 Å². The standard InChI is InChI=1S/C13H19N5O/c19-8-11-4-2-1-3-10(11)7-15-12-13-17-16-9-18(13)6-5-14-12/h5-6,9-11,19H,1-4,7-8H2,(H,14,15). The zero-order valence-electron chi connectivity index (χ0n) is 10.9. The molecule has 0 saturated heterocycles. The summed E-state index contributed by atoms with van der Waals surface area (Å²) in [7, 11) is 0. The number of hydrogen-bond donors (Lipinski definition) is 2. The second kappa shape index (κ2) is 5.52. The van der Waals surface area contributed by atoms with Crippen molar-refractivity contribution < 1.29 is 5.11 Å². The van der Waals surface area contributed by atoms with E-state index in [1.54, 1.807) is 12.5 Å². The van der Waals surface area contributed by atoms with Crippen molar-refractivity contribution in [1.29, 1.82) is 0 Å². The Kier molecular flexibility index (Phi) is 3.59. The number of anilines is 1. The van der Waals surface area contributed by atoms with Crippen LogP contribution < -0.4 is 5.32 Å². The van der Waals surface area contributed by atoms with Gasteiger partial charge in [0.25, 0.3) is 0 Å². The van der Waals surface area contributed by atoms with Gasteiger partial charge in [0.15, 0.2) is 5.82 Å². The van der Waals surface area contributed by atoms with E-state index in [-0.39, 0.29) is 6.61 Å². The van der Waals surface area contributed by atoms with Crippen LogP contribution in [0.3, 0.4) is 0 Å². The Morgan fingerprint density at radius 2 is 2.16 bits per heavy atom. The van der Waals surface area contributed by atoms with Gasteiger partial charge in [-0.25, -0.2) is 4.98 Å². The Labute approximate surface area is 111 Å². The maximum atomic E-state index is 9.43. The molecule has 2 atom stereocenters. The molecule has 6 heteroatoms. The fourth-order valence-corrected chi connectivity index (χ4v) is 2.90. The molecule has 1 aliphatic rings. The number of fused-ring (bicyclic) bond motifs is 1. The fourth-order valence-electron chi connectivity index (χ4n) is 2.90. The molecule has 0 spiro atoms. The smallest absolute Gasteiger partial charge is 0.203 e. The first-order chi connectivity index (χ1) is 9.38. The van der Waals surface area contributed by atoms with Gasteiger partial charge in [0, 0.05) is 25.5 Å². The summed E-state index contributed by atoms with van der Waals surface area (Å²) in [5.41, 5.74) is 0.749. The van der Waals surface area contributed by atoms with E-state index >= 15 is 0 Å². The molecule has 2 aromatic rings. The summed E-state index contributed by atoms with van der Waals surface area (Å²) in [5.74, 6) is 1.70. The molecule has 0 bridgehead atoms. The van der Waals surface area contributed by atoms with Gasteiger partial charge >= 0.3 is 0 Å². The van der Waals surface area contributed by atoms with Gasteiger partial charge in [-0.3, -0.25) is 4.40 Å². The fraction of sp³-hybridized carbons (Fsp3) is 0.615. The Morgan fingerprint density at radius 1 is 1.32 bits per heavy atom. The van der Waals surface area contributed by atoms with E-state index in [4.69, 9.17) is 0 Å². The lowest BCUT2D eigenvalue weighted by Gasteiger charge is -2.30. The first-order valence-electron chi connectivity index (χ1n) is 6.87. The van der Waals surface area contributed by atoms with Gasteiger partial charge in [0.2, 0.25) is 5.65 Å². The molecule has 3 rings (SSSR count). The summed E-state index contributed by atoms with van der Waals surface area (Å²) in [6, 6.07) is 0. The predicted octanol–water partition coefficient (Wildman–Crippen LogP) is 1.33. The van der Waals surface area contributed by atoms with Crippen molar-refractivity contribution in [2.24, 2.45) is 11.8 Å². The van der Waals surface area contributed by atoms with Gasteiger partial charge in [-0.05, 0) is 24.7 Å². The van der Waals surface area contributed by atoms with Gasteiger partial charge in [0.1, 0.15) is 6.33 Å². The topological polar surface area (TPSA) is 75.3 Å². The zero-order valence-corrected chi connectivity index (χ0v) is 10.9. The van der Waals surface area contributed by atoms with Crippen molar-refractivity contribution in [3.05, 3.63) is 18.7 Å². The van der Waals surface area contributed by atoms with Gasteiger partial charge in [-0.2, -0.15) is 0 Å². The third kappa shape index (κ3) is 2.53. The molecule has 1 saturated carbocycles. The average Bonchev–Trinajstić information content (AvgIpc) is 2.94. The SMILES string of the molecule is OCC1CCCCC1CNc1nccn2cnnc12. The second-order valence-corrected chi connectivity index (χ2v) is 5.21. The third-order valence-corrected chi connectivity index (χ3v) is 4.05. The van der Waals surface area contributed by atoms with Crippen LogP contribution in [0.5, 0.6) is 0 Å². The van der Waals surface area contributed by atoms with Crippen molar-refractivity contribution in [2.45, 2.75) is 25.7 Å². The molecule has 1 fully saturated rings. The maximum Gasteiger partial charge on any atom is 0.203 e. The first kappa shape index (κ1) is 12.3. The van der Waals surface area contributed by atoms with E-state index in [1.807, 2.05) is 10.6 Å². The van der Waals surface area contributed by atoms with Crippen LogP contribution in [0.4, 0.5) is 5.82 Å². The lowest BCUT2D eigenvalue weighted by molar-refractivity contribution is 0.141. The molecule has 19 heavy (non-hydrogen) atoms. The highest BCUT2D eigenvalue weighted by molar-refractivity contribution is 5.61.